The first kappa shape index (κ1) is 12.4. The van der Waals surface area contributed by atoms with Gasteiger partial charge in [-0.2, -0.15) is 13.2 Å². The summed E-state index contributed by atoms with van der Waals surface area (Å²) in [5.41, 5.74) is -0.373. The average Bonchev–Trinajstić information content (AvgIpc) is 2.45. The van der Waals surface area contributed by atoms with Crippen LogP contribution in [-0.2, 0) is 4.79 Å². The summed E-state index contributed by atoms with van der Waals surface area (Å²) in [7, 11) is 0. The quantitative estimate of drug-likeness (QED) is 0.841. The van der Waals surface area contributed by atoms with E-state index in [2.05, 4.69) is 4.98 Å². The van der Waals surface area contributed by atoms with Gasteiger partial charge in [0.25, 0.3) is 0 Å². The molecule has 1 amide bonds. The molecule has 88 valence electrons. The standard InChI is InChI=1S/C7H5F3N2O3S/c1-2-3(4(13)14)11-6(16-2)12-5(15)7(8,9)10/h1H3,(H,13,14)(H,11,12,15). The molecule has 0 saturated heterocycles. The van der Waals surface area contributed by atoms with Crippen LogP contribution in [0.4, 0.5) is 18.3 Å². The summed E-state index contributed by atoms with van der Waals surface area (Å²) in [4.78, 5) is 24.6. The third-order valence-electron chi connectivity index (χ3n) is 1.48. The summed E-state index contributed by atoms with van der Waals surface area (Å²) in [5.74, 6) is -3.54. The number of rotatable bonds is 2. The molecule has 2 N–H and O–H groups in total. The summed E-state index contributed by atoms with van der Waals surface area (Å²) in [6.07, 6.45) is -5.02. The van der Waals surface area contributed by atoms with Crippen LogP contribution < -0.4 is 5.32 Å². The van der Waals surface area contributed by atoms with Gasteiger partial charge in [0.05, 0.1) is 0 Å². The second-order valence-corrected chi connectivity index (χ2v) is 3.88. The van der Waals surface area contributed by atoms with Gasteiger partial charge in [0.1, 0.15) is 0 Å². The number of carbonyl (C=O) groups is 2. The second kappa shape index (κ2) is 4.08. The zero-order chi connectivity index (χ0) is 12.5. The predicted molar refractivity (Wildman–Crippen MR) is 48.5 cm³/mol. The highest BCUT2D eigenvalue weighted by molar-refractivity contribution is 7.16. The molecule has 0 fully saturated rings. The van der Waals surface area contributed by atoms with Crippen molar-refractivity contribution in [2.75, 3.05) is 5.32 Å². The van der Waals surface area contributed by atoms with Crippen LogP contribution in [0, 0.1) is 6.92 Å². The number of aromatic nitrogens is 1. The predicted octanol–water partition coefficient (Wildman–Crippen LogP) is 1.65. The van der Waals surface area contributed by atoms with Gasteiger partial charge in [-0.05, 0) is 6.92 Å². The van der Waals surface area contributed by atoms with E-state index in [1.807, 2.05) is 0 Å². The Hall–Kier alpha value is -1.64. The Bertz CT molecular complexity index is 441. The van der Waals surface area contributed by atoms with Gasteiger partial charge in [0.2, 0.25) is 0 Å². The number of aromatic carboxylic acids is 1. The molecule has 0 bridgehead atoms. The van der Waals surface area contributed by atoms with Gasteiger partial charge in [0, 0.05) is 4.88 Å². The summed E-state index contributed by atoms with van der Waals surface area (Å²) < 4.78 is 35.5. The molecule has 0 aromatic carbocycles. The molecule has 1 aromatic heterocycles. The number of hydrogen-bond donors (Lipinski definition) is 2. The maximum atomic E-state index is 11.8. The fraction of sp³-hybridized carbons (Fsp3) is 0.286. The molecule has 0 saturated carbocycles. The fourth-order valence-corrected chi connectivity index (χ4v) is 1.62. The van der Waals surface area contributed by atoms with Crippen molar-refractivity contribution in [3.05, 3.63) is 10.6 Å². The zero-order valence-electron chi connectivity index (χ0n) is 7.75. The van der Waals surface area contributed by atoms with E-state index in [9.17, 15) is 22.8 Å². The largest absolute Gasteiger partial charge is 0.476 e. The molecule has 0 aliphatic carbocycles. The lowest BCUT2D eigenvalue weighted by atomic mass is 10.4. The van der Waals surface area contributed by atoms with Crippen LogP contribution in [0.15, 0.2) is 0 Å². The van der Waals surface area contributed by atoms with Crippen molar-refractivity contribution in [3.8, 4) is 0 Å². The number of halogens is 3. The van der Waals surface area contributed by atoms with Crippen LogP contribution in [0.25, 0.3) is 0 Å². The molecule has 0 aliphatic heterocycles. The molecule has 0 unspecified atom stereocenters. The van der Waals surface area contributed by atoms with Gasteiger partial charge in [-0.3, -0.25) is 10.1 Å². The van der Waals surface area contributed by atoms with Crippen molar-refractivity contribution in [1.29, 1.82) is 0 Å². The lowest BCUT2D eigenvalue weighted by Gasteiger charge is -2.03. The van der Waals surface area contributed by atoms with E-state index in [4.69, 9.17) is 5.11 Å². The number of carbonyl (C=O) groups excluding carboxylic acids is 1. The van der Waals surface area contributed by atoms with E-state index in [1.165, 1.54) is 12.2 Å². The Morgan fingerprint density at radius 1 is 1.44 bits per heavy atom. The van der Waals surface area contributed by atoms with Crippen LogP contribution >= 0.6 is 11.3 Å². The van der Waals surface area contributed by atoms with Gasteiger partial charge >= 0.3 is 18.1 Å². The molecule has 0 aliphatic rings. The van der Waals surface area contributed by atoms with Crippen LogP contribution in [0.5, 0.6) is 0 Å². The van der Waals surface area contributed by atoms with Crippen LogP contribution in [0.2, 0.25) is 0 Å². The number of carboxylic acid groups (broad SMARTS) is 1. The molecule has 16 heavy (non-hydrogen) atoms. The first-order chi connectivity index (χ1) is 7.21. The number of carboxylic acids is 1. The number of aryl methyl sites for hydroxylation is 1. The molecular weight excluding hydrogens is 249 g/mol. The lowest BCUT2D eigenvalue weighted by Crippen LogP contribution is -2.29. The van der Waals surface area contributed by atoms with Gasteiger partial charge in [0.15, 0.2) is 10.8 Å². The molecule has 1 heterocycles. The Morgan fingerprint density at radius 2 is 2.00 bits per heavy atom. The summed E-state index contributed by atoms with van der Waals surface area (Å²) >= 11 is 0.663. The van der Waals surface area contributed by atoms with E-state index in [0.29, 0.717) is 11.3 Å². The number of thiazole rings is 1. The van der Waals surface area contributed by atoms with Crippen molar-refractivity contribution in [2.24, 2.45) is 0 Å². The normalized spacial score (nSPS) is 11.2. The fourth-order valence-electron chi connectivity index (χ4n) is 0.816. The maximum absolute atomic E-state index is 11.8. The van der Waals surface area contributed by atoms with E-state index in [1.54, 1.807) is 0 Å². The van der Waals surface area contributed by atoms with Gasteiger partial charge in [-0.1, -0.05) is 0 Å². The smallest absolute Gasteiger partial charge is 0.471 e. The van der Waals surface area contributed by atoms with Crippen molar-refractivity contribution in [1.82, 2.24) is 4.98 Å². The molecule has 5 nitrogen and oxygen atoms in total. The average molecular weight is 254 g/mol. The number of hydrogen-bond acceptors (Lipinski definition) is 4. The number of nitrogens with one attached hydrogen (secondary N) is 1. The van der Waals surface area contributed by atoms with E-state index < -0.39 is 23.2 Å². The minimum Gasteiger partial charge on any atom is -0.476 e. The molecule has 0 spiro atoms. The molecule has 9 heteroatoms. The topological polar surface area (TPSA) is 79.3 Å². The Morgan fingerprint density at radius 3 is 2.38 bits per heavy atom. The molecule has 0 atom stereocenters. The molecular formula is C7H5F3N2O3S. The minimum atomic E-state index is -5.02. The number of nitrogens with zero attached hydrogens (tertiary/aromatic N) is 1. The lowest BCUT2D eigenvalue weighted by molar-refractivity contribution is -0.167. The Labute approximate surface area is 90.9 Å². The first-order valence-electron chi connectivity index (χ1n) is 3.80. The molecule has 1 aromatic rings. The number of alkyl halides is 3. The van der Waals surface area contributed by atoms with Crippen LogP contribution in [0.1, 0.15) is 15.4 Å². The SMILES string of the molecule is Cc1sc(NC(=O)C(F)(F)F)nc1C(=O)O. The number of amides is 1. The third kappa shape index (κ3) is 2.69. The van der Waals surface area contributed by atoms with Crippen molar-refractivity contribution < 1.29 is 27.9 Å². The van der Waals surface area contributed by atoms with Crippen molar-refractivity contribution >= 4 is 28.3 Å². The van der Waals surface area contributed by atoms with Gasteiger partial charge in [-0.15, -0.1) is 11.3 Å². The van der Waals surface area contributed by atoms with Crippen LogP contribution in [0.3, 0.4) is 0 Å². The summed E-state index contributed by atoms with van der Waals surface area (Å²) in [6, 6.07) is 0. The summed E-state index contributed by atoms with van der Waals surface area (Å²) in [5, 5.41) is 9.67. The zero-order valence-corrected chi connectivity index (χ0v) is 8.57. The monoisotopic (exact) mass is 254 g/mol. The summed E-state index contributed by atoms with van der Waals surface area (Å²) in [6.45, 7) is 1.38. The Balaban J connectivity index is 2.88. The van der Waals surface area contributed by atoms with Gasteiger partial charge in [-0.25, -0.2) is 9.78 Å². The van der Waals surface area contributed by atoms with Crippen molar-refractivity contribution in [2.45, 2.75) is 13.1 Å². The maximum Gasteiger partial charge on any atom is 0.471 e. The van der Waals surface area contributed by atoms with E-state index in [-0.39, 0.29) is 10.6 Å². The first-order valence-corrected chi connectivity index (χ1v) is 4.62. The third-order valence-corrected chi connectivity index (χ3v) is 2.36. The molecule has 1 rings (SSSR count). The Kier molecular flexibility index (Phi) is 3.17. The minimum absolute atomic E-state index is 0.213. The van der Waals surface area contributed by atoms with Crippen LogP contribution in [-0.4, -0.2) is 28.1 Å². The highest BCUT2D eigenvalue weighted by Crippen LogP contribution is 2.24. The van der Waals surface area contributed by atoms with Gasteiger partial charge < -0.3 is 5.11 Å². The van der Waals surface area contributed by atoms with E-state index in [0.717, 1.165) is 0 Å². The number of anilines is 1. The van der Waals surface area contributed by atoms with E-state index >= 15 is 0 Å². The molecule has 0 radical (unpaired) electrons. The highest BCUT2D eigenvalue weighted by atomic mass is 32.1. The van der Waals surface area contributed by atoms with Crippen molar-refractivity contribution in [3.63, 3.8) is 0 Å². The second-order valence-electron chi connectivity index (χ2n) is 2.68. The highest BCUT2D eigenvalue weighted by Gasteiger charge is 2.39.